The third kappa shape index (κ3) is 3.62. The first-order valence-electron chi connectivity index (χ1n) is 6.69. The Bertz CT molecular complexity index is 516. The van der Waals surface area contributed by atoms with Gasteiger partial charge in [-0.15, -0.1) is 0 Å². The zero-order valence-corrected chi connectivity index (χ0v) is 11.5. The second-order valence-electron chi connectivity index (χ2n) is 4.80. The van der Waals surface area contributed by atoms with Crippen molar-refractivity contribution in [1.82, 2.24) is 9.88 Å². The molecule has 0 spiro atoms. The highest BCUT2D eigenvalue weighted by Gasteiger charge is 2.19. The molecule has 2 rings (SSSR count). The van der Waals surface area contributed by atoms with Gasteiger partial charge in [-0.05, 0) is 42.8 Å². The van der Waals surface area contributed by atoms with Gasteiger partial charge in [-0.3, -0.25) is 9.88 Å². The molecule has 0 fully saturated rings. The standard InChI is InChI=1S/C16H19FN2O/c1-19(10-3-11-20)16(14-4-2-9-18-12-14)13-5-7-15(17)8-6-13/h2,4-9,12,16,20H,3,10-11H2,1H3/t16-/m1/s1. The summed E-state index contributed by atoms with van der Waals surface area (Å²) in [5.41, 5.74) is 2.07. The number of rotatable bonds is 6. The molecule has 0 amide bonds. The fraction of sp³-hybridized carbons (Fsp3) is 0.312. The monoisotopic (exact) mass is 274 g/mol. The molecule has 4 heteroatoms. The number of aromatic nitrogens is 1. The fourth-order valence-corrected chi connectivity index (χ4v) is 2.33. The summed E-state index contributed by atoms with van der Waals surface area (Å²) in [5.74, 6) is -0.239. The lowest BCUT2D eigenvalue weighted by Crippen LogP contribution is -2.27. The molecule has 0 bridgehead atoms. The van der Waals surface area contributed by atoms with Gasteiger partial charge in [0.15, 0.2) is 0 Å². The van der Waals surface area contributed by atoms with E-state index in [9.17, 15) is 4.39 Å². The molecule has 106 valence electrons. The molecule has 20 heavy (non-hydrogen) atoms. The maximum absolute atomic E-state index is 13.1. The molecule has 0 aliphatic heterocycles. The van der Waals surface area contributed by atoms with Gasteiger partial charge in [0, 0.05) is 25.5 Å². The van der Waals surface area contributed by atoms with E-state index in [4.69, 9.17) is 5.11 Å². The Kier molecular flexibility index (Phi) is 5.21. The van der Waals surface area contributed by atoms with Crippen LogP contribution in [-0.4, -0.2) is 35.2 Å². The Morgan fingerprint density at radius 2 is 1.95 bits per heavy atom. The maximum Gasteiger partial charge on any atom is 0.123 e. The molecular formula is C16H19FN2O. The molecule has 1 atom stereocenters. The predicted molar refractivity (Wildman–Crippen MR) is 76.8 cm³/mol. The van der Waals surface area contributed by atoms with E-state index in [0.717, 1.165) is 17.7 Å². The van der Waals surface area contributed by atoms with Crippen LogP contribution in [0, 0.1) is 5.82 Å². The summed E-state index contributed by atoms with van der Waals surface area (Å²) >= 11 is 0. The van der Waals surface area contributed by atoms with Gasteiger partial charge in [0.05, 0.1) is 6.04 Å². The number of halogens is 1. The van der Waals surface area contributed by atoms with Crippen LogP contribution in [0.1, 0.15) is 23.6 Å². The Morgan fingerprint density at radius 1 is 1.20 bits per heavy atom. The minimum Gasteiger partial charge on any atom is -0.396 e. The minimum absolute atomic E-state index is 0.0100. The van der Waals surface area contributed by atoms with Crippen molar-refractivity contribution in [2.24, 2.45) is 0 Å². The van der Waals surface area contributed by atoms with Crippen LogP contribution in [0.2, 0.25) is 0 Å². The van der Waals surface area contributed by atoms with Gasteiger partial charge in [0.25, 0.3) is 0 Å². The van der Waals surface area contributed by atoms with Crippen LogP contribution in [-0.2, 0) is 0 Å². The van der Waals surface area contributed by atoms with Crippen molar-refractivity contribution in [3.63, 3.8) is 0 Å². The van der Waals surface area contributed by atoms with E-state index in [1.54, 1.807) is 18.3 Å². The summed E-state index contributed by atoms with van der Waals surface area (Å²) in [4.78, 5) is 6.30. The number of aliphatic hydroxyl groups is 1. The van der Waals surface area contributed by atoms with Crippen molar-refractivity contribution >= 4 is 0 Å². The van der Waals surface area contributed by atoms with Crippen LogP contribution in [0.25, 0.3) is 0 Å². The Balaban J connectivity index is 2.31. The molecule has 1 heterocycles. The Morgan fingerprint density at radius 3 is 2.55 bits per heavy atom. The van der Waals surface area contributed by atoms with E-state index in [-0.39, 0.29) is 18.5 Å². The SMILES string of the molecule is CN(CCCO)[C@H](c1ccc(F)cc1)c1cccnc1. The molecule has 0 aliphatic rings. The van der Waals surface area contributed by atoms with Crippen LogP contribution in [0.4, 0.5) is 4.39 Å². The van der Waals surface area contributed by atoms with Gasteiger partial charge in [-0.2, -0.15) is 0 Å². The van der Waals surface area contributed by atoms with Crippen molar-refractivity contribution in [1.29, 1.82) is 0 Å². The van der Waals surface area contributed by atoms with E-state index in [1.807, 2.05) is 25.4 Å². The fourth-order valence-electron chi connectivity index (χ4n) is 2.33. The molecule has 1 aromatic carbocycles. The first-order chi connectivity index (χ1) is 9.72. The highest BCUT2D eigenvalue weighted by Crippen LogP contribution is 2.27. The predicted octanol–water partition coefficient (Wildman–Crippen LogP) is 2.62. The summed E-state index contributed by atoms with van der Waals surface area (Å²) in [7, 11) is 2.00. The van der Waals surface area contributed by atoms with Crippen molar-refractivity contribution < 1.29 is 9.50 Å². The lowest BCUT2D eigenvalue weighted by Gasteiger charge is -2.28. The third-order valence-corrected chi connectivity index (χ3v) is 3.30. The molecule has 0 saturated heterocycles. The topological polar surface area (TPSA) is 36.4 Å². The van der Waals surface area contributed by atoms with Gasteiger partial charge in [0.2, 0.25) is 0 Å². The van der Waals surface area contributed by atoms with Gasteiger partial charge >= 0.3 is 0 Å². The first-order valence-corrected chi connectivity index (χ1v) is 6.69. The largest absolute Gasteiger partial charge is 0.396 e. The smallest absolute Gasteiger partial charge is 0.123 e. The van der Waals surface area contributed by atoms with Gasteiger partial charge in [-0.25, -0.2) is 4.39 Å². The van der Waals surface area contributed by atoms with E-state index in [2.05, 4.69) is 9.88 Å². The zero-order valence-electron chi connectivity index (χ0n) is 11.5. The van der Waals surface area contributed by atoms with Crippen LogP contribution in [0.5, 0.6) is 0 Å². The Hall–Kier alpha value is -1.78. The molecule has 0 unspecified atom stereocenters. The van der Waals surface area contributed by atoms with Crippen LogP contribution < -0.4 is 0 Å². The molecule has 1 N–H and O–H groups in total. The Labute approximate surface area is 118 Å². The quantitative estimate of drug-likeness (QED) is 0.879. The second kappa shape index (κ2) is 7.12. The van der Waals surface area contributed by atoms with Gasteiger partial charge in [0.1, 0.15) is 5.82 Å². The van der Waals surface area contributed by atoms with Crippen LogP contribution in [0.3, 0.4) is 0 Å². The number of aliphatic hydroxyl groups excluding tert-OH is 1. The lowest BCUT2D eigenvalue weighted by atomic mass is 9.98. The number of hydrogen-bond acceptors (Lipinski definition) is 3. The minimum atomic E-state index is -0.239. The van der Waals surface area contributed by atoms with Crippen LogP contribution >= 0.6 is 0 Å². The average molecular weight is 274 g/mol. The summed E-state index contributed by atoms with van der Waals surface area (Å²) in [6.45, 7) is 0.918. The van der Waals surface area contributed by atoms with Crippen molar-refractivity contribution in [2.45, 2.75) is 12.5 Å². The summed E-state index contributed by atoms with van der Waals surface area (Å²) in [5, 5.41) is 8.99. The highest BCUT2D eigenvalue weighted by atomic mass is 19.1. The third-order valence-electron chi connectivity index (χ3n) is 3.30. The van der Waals surface area contributed by atoms with E-state index in [0.29, 0.717) is 6.42 Å². The normalized spacial score (nSPS) is 12.6. The van der Waals surface area contributed by atoms with Crippen molar-refractivity contribution in [3.05, 3.63) is 65.7 Å². The molecule has 0 saturated carbocycles. The zero-order chi connectivity index (χ0) is 14.4. The van der Waals surface area contributed by atoms with E-state index >= 15 is 0 Å². The molecule has 1 aromatic heterocycles. The molecule has 0 radical (unpaired) electrons. The van der Waals surface area contributed by atoms with Crippen molar-refractivity contribution in [2.75, 3.05) is 20.2 Å². The van der Waals surface area contributed by atoms with Crippen molar-refractivity contribution in [3.8, 4) is 0 Å². The number of benzene rings is 1. The molecule has 2 aromatic rings. The summed E-state index contributed by atoms with van der Waals surface area (Å²) < 4.78 is 13.1. The van der Waals surface area contributed by atoms with E-state index in [1.165, 1.54) is 12.1 Å². The second-order valence-corrected chi connectivity index (χ2v) is 4.80. The van der Waals surface area contributed by atoms with Gasteiger partial charge in [-0.1, -0.05) is 18.2 Å². The number of pyridine rings is 1. The number of nitrogens with zero attached hydrogens (tertiary/aromatic N) is 2. The first kappa shape index (κ1) is 14.6. The van der Waals surface area contributed by atoms with E-state index < -0.39 is 0 Å². The maximum atomic E-state index is 13.1. The lowest BCUT2D eigenvalue weighted by molar-refractivity contribution is 0.225. The number of hydrogen-bond donors (Lipinski definition) is 1. The average Bonchev–Trinajstić information content (AvgIpc) is 2.48. The summed E-state index contributed by atoms with van der Waals surface area (Å²) in [6, 6.07) is 10.4. The van der Waals surface area contributed by atoms with Gasteiger partial charge < -0.3 is 5.11 Å². The molecular weight excluding hydrogens is 255 g/mol. The van der Waals surface area contributed by atoms with Crippen LogP contribution in [0.15, 0.2) is 48.8 Å². The highest BCUT2D eigenvalue weighted by molar-refractivity contribution is 5.30. The molecule has 0 aliphatic carbocycles. The molecule has 3 nitrogen and oxygen atoms in total. The summed E-state index contributed by atoms with van der Waals surface area (Å²) in [6.07, 6.45) is 4.26.